The Morgan fingerprint density at radius 1 is 1.14 bits per heavy atom. The predicted octanol–water partition coefficient (Wildman–Crippen LogP) is 4.61. The highest BCUT2D eigenvalue weighted by Crippen LogP contribution is 2.28. The Morgan fingerprint density at radius 2 is 1.76 bits per heavy atom. The van der Waals surface area contributed by atoms with Gasteiger partial charge in [0.15, 0.2) is 0 Å². The number of hydrogen-bond acceptors (Lipinski definition) is 2. The Kier molecular flexibility index (Phi) is 6.27. The lowest BCUT2D eigenvalue weighted by Gasteiger charge is -2.37. The van der Waals surface area contributed by atoms with Crippen LogP contribution in [0.2, 0.25) is 0 Å². The van der Waals surface area contributed by atoms with Crippen LogP contribution in [0.1, 0.15) is 52.7 Å². The lowest BCUT2D eigenvalue weighted by Crippen LogP contribution is -2.39. The monoisotopic (exact) mass is 290 g/mol. The quantitative estimate of drug-likeness (QED) is 0.823. The Morgan fingerprint density at radius 3 is 2.24 bits per heavy atom. The van der Waals surface area contributed by atoms with Gasteiger partial charge >= 0.3 is 0 Å². The van der Waals surface area contributed by atoms with Crippen LogP contribution in [0.25, 0.3) is 0 Å². The third-order valence-electron chi connectivity index (χ3n) is 4.44. The van der Waals surface area contributed by atoms with Gasteiger partial charge in [0.25, 0.3) is 0 Å². The summed E-state index contributed by atoms with van der Waals surface area (Å²) in [6.07, 6.45) is 0. The molecule has 1 N–H and O–H groups in total. The summed E-state index contributed by atoms with van der Waals surface area (Å²) in [6, 6.07) is 7.34. The molecule has 1 atom stereocenters. The molecule has 1 aromatic carbocycles. The fourth-order valence-electron chi connectivity index (χ4n) is 2.40. The smallest absolute Gasteiger partial charge is 0.0369 e. The van der Waals surface area contributed by atoms with Crippen molar-refractivity contribution < 1.29 is 0 Å². The normalized spacial score (nSPS) is 13.6. The van der Waals surface area contributed by atoms with Crippen LogP contribution in [0.5, 0.6) is 0 Å². The summed E-state index contributed by atoms with van der Waals surface area (Å²) in [5.41, 5.74) is 4.36. The number of anilines is 1. The maximum absolute atomic E-state index is 3.52. The number of nitrogens with one attached hydrogen (secondary N) is 1. The van der Waals surface area contributed by atoms with E-state index in [4.69, 9.17) is 0 Å². The van der Waals surface area contributed by atoms with Crippen molar-refractivity contribution in [2.45, 2.75) is 61.1 Å². The Hall–Kier alpha value is -1.02. The number of rotatable bonds is 6. The maximum atomic E-state index is 3.52. The van der Waals surface area contributed by atoms with Crippen molar-refractivity contribution in [3.8, 4) is 0 Å². The lowest BCUT2D eigenvalue weighted by atomic mass is 9.87. The van der Waals surface area contributed by atoms with Crippen molar-refractivity contribution >= 4 is 5.69 Å². The van der Waals surface area contributed by atoms with Gasteiger partial charge in [-0.1, -0.05) is 40.7 Å². The van der Waals surface area contributed by atoms with Gasteiger partial charge in [0.1, 0.15) is 0 Å². The zero-order valence-electron chi connectivity index (χ0n) is 15.2. The second-order valence-electron chi connectivity index (χ2n) is 7.79. The van der Waals surface area contributed by atoms with Gasteiger partial charge in [-0.05, 0) is 55.0 Å². The van der Waals surface area contributed by atoms with Crippen LogP contribution in [-0.2, 0) is 6.54 Å². The number of benzene rings is 1. The van der Waals surface area contributed by atoms with Crippen molar-refractivity contribution in [2.75, 3.05) is 18.5 Å². The standard InChI is InChI=1S/C19H34N2/c1-14(2)12-20-13-17-9-10-18(11-15(17)3)21(8)16(4)19(5,6)7/h9-11,14,16,20H,12-13H2,1-8H3. The zero-order chi connectivity index (χ0) is 16.2. The summed E-state index contributed by atoms with van der Waals surface area (Å²) in [5.74, 6) is 0.698. The summed E-state index contributed by atoms with van der Waals surface area (Å²) in [7, 11) is 2.20. The molecule has 2 nitrogen and oxygen atoms in total. The molecule has 1 rings (SSSR count). The first kappa shape index (κ1) is 18.0. The van der Waals surface area contributed by atoms with E-state index >= 15 is 0 Å². The zero-order valence-corrected chi connectivity index (χ0v) is 15.2. The first-order chi connectivity index (χ1) is 9.62. The predicted molar refractivity (Wildman–Crippen MR) is 95.0 cm³/mol. The molecule has 1 aromatic rings. The van der Waals surface area contributed by atoms with Crippen LogP contribution in [0.4, 0.5) is 5.69 Å². The molecule has 0 aromatic heterocycles. The molecule has 0 spiro atoms. The van der Waals surface area contributed by atoms with E-state index in [2.05, 4.69) is 83.9 Å². The minimum absolute atomic E-state index is 0.278. The minimum atomic E-state index is 0.278. The molecule has 0 fully saturated rings. The molecular weight excluding hydrogens is 256 g/mol. The number of aryl methyl sites for hydroxylation is 1. The van der Waals surface area contributed by atoms with Crippen molar-refractivity contribution in [1.29, 1.82) is 0 Å². The molecular formula is C19H34N2. The molecule has 0 radical (unpaired) electrons. The molecule has 0 amide bonds. The molecule has 0 aliphatic heterocycles. The molecule has 0 saturated heterocycles. The maximum Gasteiger partial charge on any atom is 0.0369 e. The molecule has 21 heavy (non-hydrogen) atoms. The van der Waals surface area contributed by atoms with E-state index < -0.39 is 0 Å². The average molecular weight is 290 g/mol. The van der Waals surface area contributed by atoms with Gasteiger partial charge < -0.3 is 10.2 Å². The van der Waals surface area contributed by atoms with Crippen molar-refractivity contribution in [1.82, 2.24) is 5.32 Å². The number of hydrogen-bond donors (Lipinski definition) is 1. The second-order valence-corrected chi connectivity index (χ2v) is 7.79. The largest absolute Gasteiger partial charge is 0.371 e. The molecule has 0 bridgehead atoms. The van der Waals surface area contributed by atoms with Crippen LogP contribution in [0.15, 0.2) is 18.2 Å². The Labute approximate surface area is 131 Å². The highest BCUT2D eigenvalue weighted by molar-refractivity contribution is 5.51. The molecule has 1 unspecified atom stereocenters. The fourth-order valence-corrected chi connectivity index (χ4v) is 2.40. The van der Waals surface area contributed by atoms with E-state index in [0.29, 0.717) is 12.0 Å². The van der Waals surface area contributed by atoms with E-state index in [9.17, 15) is 0 Å². The SMILES string of the molecule is Cc1cc(N(C)C(C)C(C)(C)C)ccc1CNCC(C)C. The molecule has 0 saturated carbocycles. The van der Waals surface area contributed by atoms with Gasteiger partial charge in [0.05, 0.1) is 0 Å². The first-order valence-electron chi connectivity index (χ1n) is 8.16. The van der Waals surface area contributed by atoms with E-state index in [0.717, 1.165) is 13.1 Å². The molecule has 2 heteroatoms. The van der Waals surface area contributed by atoms with E-state index in [1.807, 2.05) is 0 Å². The van der Waals surface area contributed by atoms with E-state index in [-0.39, 0.29) is 5.41 Å². The fraction of sp³-hybridized carbons (Fsp3) is 0.684. The second kappa shape index (κ2) is 7.31. The highest BCUT2D eigenvalue weighted by Gasteiger charge is 2.24. The van der Waals surface area contributed by atoms with Crippen LogP contribution < -0.4 is 10.2 Å². The van der Waals surface area contributed by atoms with Crippen molar-refractivity contribution in [2.24, 2.45) is 11.3 Å². The van der Waals surface area contributed by atoms with Crippen LogP contribution in [0, 0.1) is 18.3 Å². The summed E-state index contributed by atoms with van der Waals surface area (Å²) in [6.45, 7) is 17.9. The van der Waals surface area contributed by atoms with Crippen LogP contribution in [0.3, 0.4) is 0 Å². The molecule has 0 aliphatic rings. The molecule has 0 heterocycles. The van der Waals surface area contributed by atoms with Crippen molar-refractivity contribution in [3.05, 3.63) is 29.3 Å². The topological polar surface area (TPSA) is 15.3 Å². The lowest BCUT2D eigenvalue weighted by molar-refractivity contribution is 0.329. The average Bonchev–Trinajstić information content (AvgIpc) is 2.37. The van der Waals surface area contributed by atoms with E-state index in [1.54, 1.807) is 0 Å². The van der Waals surface area contributed by atoms with Gasteiger partial charge in [0, 0.05) is 25.3 Å². The number of nitrogens with zero attached hydrogens (tertiary/aromatic N) is 1. The third-order valence-corrected chi connectivity index (χ3v) is 4.44. The highest BCUT2D eigenvalue weighted by atomic mass is 15.1. The van der Waals surface area contributed by atoms with Crippen LogP contribution >= 0.6 is 0 Å². The molecule has 120 valence electrons. The van der Waals surface area contributed by atoms with Crippen molar-refractivity contribution in [3.63, 3.8) is 0 Å². The van der Waals surface area contributed by atoms with Gasteiger partial charge in [-0.15, -0.1) is 0 Å². The summed E-state index contributed by atoms with van der Waals surface area (Å²) >= 11 is 0. The third kappa shape index (κ3) is 5.35. The summed E-state index contributed by atoms with van der Waals surface area (Å²) < 4.78 is 0. The van der Waals surface area contributed by atoms with E-state index in [1.165, 1.54) is 16.8 Å². The van der Waals surface area contributed by atoms with Gasteiger partial charge in [-0.25, -0.2) is 0 Å². The first-order valence-corrected chi connectivity index (χ1v) is 8.16. The summed E-state index contributed by atoms with van der Waals surface area (Å²) in [4.78, 5) is 2.39. The van der Waals surface area contributed by atoms with Gasteiger partial charge in [-0.2, -0.15) is 0 Å². The van der Waals surface area contributed by atoms with Gasteiger partial charge in [0.2, 0.25) is 0 Å². The summed E-state index contributed by atoms with van der Waals surface area (Å²) in [5, 5.41) is 3.52. The Balaban J connectivity index is 2.77. The van der Waals surface area contributed by atoms with Crippen LogP contribution in [-0.4, -0.2) is 19.6 Å². The van der Waals surface area contributed by atoms with Gasteiger partial charge in [-0.3, -0.25) is 0 Å². The Bertz CT molecular complexity index is 443. The molecule has 0 aliphatic carbocycles. The minimum Gasteiger partial charge on any atom is -0.371 e.